The van der Waals surface area contributed by atoms with Crippen LogP contribution in [0.25, 0.3) is 0 Å². The molecule has 0 atom stereocenters. The molecule has 0 heterocycles. The predicted octanol–water partition coefficient (Wildman–Crippen LogP) is 2.35. The highest BCUT2D eigenvalue weighted by Crippen LogP contribution is 2.31. The number of benzene rings is 1. The second-order valence-corrected chi connectivity index (χ2v) is 4.69. The smallest absolute Gasteiger partial charge is 0.389 e. The van der Waals surface area contributed by atoms with Crippen LogP contribution in [0.15, 0.2) is 18.2 Å². The molecule has 0 unspecified atom stereocenters. The third-order valence-electron chi connectivity index (χ3n) is 2.22. The topological polar surface area (TPSA) is 49.3 Å². The number of carbonyl (C=O) groups is 1. The first kappa shape index (κ1) is 15.4. The number of aliphatic hydroxyl groups is 1. The minimum absolute atomic E-state index is 0.134. The van der Waals surface area contributed by atoms with Crippen molar-refractivity contribution in [2.75, 3.05) is 6.54 Å². The summed E-state index contributed by atoms with van der Waals surface area (Å²) in [6.45, 7) is 2.72. The Bertz CT molecular complexity index is 478. The van der Waals surface area contributed by atoms with Gasteiger partial charge in [0.1, 0.15) is 5.82 Å². The van der Waals surface area contributed by atoms with Gasteiger partial charge in [-0.15, -0.1) is 0 Å². The molecule has 1 amide bonds. The second kappa shape index (κ2) is 5.16. The van der Waals surface area contributed by atoms with Crippen LogP contribution in [-0.4, -0.2) is 23.2 Å². The molecule has 0 fully saturated rings. The first-order chi connectivity index (χ1) is 8.50. The molecule has 0 saturated heterocycles. The quantitative estimate of drug-likeness (QED) is 0.834. The zero-order valence-electron chi connectivity index (χ0n) is 10.3. The number of carbonyl (C=O) groups excluding carboxylic acids is 1. The molecule has 0 aromatic heterocycles. The summed E-state index contributed by atoms with van der Waals surface area (Å²) < 4.78 is 50.4. The Morgan fingerprint density at radius 1 is 1.32 bits per heavy atom. The lowest BCUT2D eigenvalue weighted by Gasteiger charge is -2.18. The SMILES string of the molecule is CC(C)(O)CNC(=O)c1ccc(F)c(C(F)(F)F)c1. The molecule has 0 radical (unpaired) electrons. The number of hydrogen-bond acceptors (Lipinski definition) is 2. The van der Waals surface area contributed by atoms with Crippen LogP contribution in [0.4, 0.5) is 17.6 Å². The largest absolute Gasteiger partial charge is 0.419 e. The van der Waals surface area contributed by atoms with E-state index in [1.165, 1.54) is 13.8 Å². The summed E-state index contributed by atoms with van der Waals surface area (Å²) in [5.41, 5.74) is -3.01. The van der Waals surface area contributed by atoms with E-state index in [0.717, 1.165) is 6.07 Å². The van der Waals surface area contributed by atoms with Crippen molar-refractivity contribution < 1.29 is 27.5 Å². The van der Waals surface area contributed by atoms with Crippen molar-refractivity contribution in [2.45, 2.75) is 25.6 Å². The van der Waals surface area contributed by atoms with Crippen LogP contribution < -0.4 is 5.32 Å². The molecule has 19 heavy (non-hydrogen) atoms. The minimum Gasteiger partial charge on any atom is -0.389 e. The van der Waals surface area contributed by atoms with Gasteiger partial charge in [0.2, 0.25) is 0 Å². The van der Waals surface area contributed by atoms with Gasteiger partial charge in [-0.3, -0.25) is 4.79 Å². The normalized spacial score (nSPS) is 12.4. The molecular weight excluding hydrogens is 266 g/mol. The highest BCUT2D eigenvalue weighted by molar-refractivity contribution is 5.94. The van der Waals surface area contributed by atoms with Gasteiger partial charge in [-0.1, -0.05) is 0 Å². The lowest BCUT2D eigenvalue weighted by molar-refractivity contribution is -0.140. The zero-order chi connectivity index (χ0) is 14.8. The van der Waals surface area contributed by atoms with Crippen molar-refractivity contribution in [3.8, 4) is 0 Å². The van der Waals surface area contributed by atoms with E-state index in [4.69, 9.17) is 0 Å². The minimum atomic E-state index is -4.86. The standard InChI is InChI=1S/C12H13F4NO2/c1-11(2,19)6-17-10(18)7-3-4-9(13)8(5-7)12(14,15)16/h3-5,19H,6H2,1-2H3,(H,17,18). The lowest BCUT2D eigenvalue weighted by atomic mass is 10.1. The summed E-state index contributed by atoms with van der Waals surface area (Å²) in [4.78, 5) is 11.6. The van der Waals surface area contributed by atoms with Crippen LogP contribution in [0.2, 0.25) is 0 Å². The van der Waals surface area contributed by atoms with E-state index >= 15 is 0 Å². The first-order valence-electron chi connectivity index (χ1n) is 5.38. The lowest BCUT2D eigenvalue weighted by Crippen LogP contribution is -2.38. The molecule has 1 aromatic rings. The van der Waals surface area contributed by atoms with Gasteiger partial charge in [0.05, 0.1) is 11.2 Å². The van der Waals surface area contributed by atoms with Crippen LogP contribution in [0.3, 0.4) is 0 Å². The Hall–Kier alpha value is -1.63. The zero-order valence-corrected chi connectivity index (χ0v) is 10.3. The fraction of sp³-hybridized carbons (Fsp3) is 0.417. The van der Waals surface area contributed by atoms with Crippen molar-refractivity contribution >= 4 is 5.91 Å². The molecule has 0 saturated carbocycles. The van der Waals surface area contributed by atoms with Crippen molar-refractivity contribution in [1.82, 2.24) is 5.32 Å². The third-order valence-corrected chi connectivity index (χ3v) is 2.22. The highest BCUT2D eigenvalue weighted by Gasteiger charge is 2.34. The molecular formula is C12H13F4NO2. The van der Waals surface area contributed by atoms with Crippen molar-refractivity contribution in [3.05, 3.63) is 35.1 Å². The molecule has 0 spiro atoms. The maximum absolute atomic E-state index is 13.0. The Balaban J connectivity index is 2.94. The van der Waals surface area contributed by atoms with Crippen molar-refractivity contribution in [3.63, 3.8) is 0 Å². The maximum Gasteiger partial charge on any atom is 0.419 e. The van der Waals surface area contributed by atoms with Gasteiger partial charge >= 0.3 is 6.18 Å². The van der Waals surface area contributed by atoms with E-state index in [-0.39, 0.29) is 12.1 Å². The third kappa shape index (κ3) is 4.51. The fourth-order valence-corrected chi connectivity index (χ4v) is 1.28. The van der Waals surface area contributed by atoms with Crippen molar-refractivity contribution in [2.24, 2.45) is 0 Å². The first-order valence-corrected chi connectivity index (χ1v) is 5.38. The number of nitrogens with one attached hydrogen (secondary N) is 1. The van der Waals surface area contributed by atoms with Crippen LogP contribution >= 0.6 is 0 Å². The van der Waals surface area contributed by atoms with Gasteiger partial charge in [-0.25, -0.2) is 4.39 Å². The Morgan fingerprint density at radius 3 is 2.37 bits per heavy atom. The maximum atomic E-state index is 13.0. The summed E-state index contributed by atoms with van der Waals surface area (Å²) >= 11 is 0. The molecule has 1 aromatic carbocycles. The monoisotopic (exact) mass is 279 g/mol. The Kier molecular flexibility index (Phi) is 4.19. The molecule has 0 aliphatic carbocycles. The molecule has 106 valence electrons. The molecule has 0 aliphatic rings. The van der Waals surface area contributed by atoms with E-state index in [0.29, 0.717) is 12.1 Å². The molecule has 0 bridgehead atoms. The van der Waals surface area contributed by atoms with E-state index in [1.807, 2.05) is 0 Å². The van der Waals surface area contributed by atoms with Crippen LogP contribution in [0.1, 0.15) is 29.8 Å². The van der Waals surface area contributed by atoms with Gasteiger partial charge in [0.15, 0.2) is 0 Å². The number of alkyl halides is 3. The second-order valence-electron chi connectivity index (χ2n) is 4.69. The summed E-state index contributed by atoms with van der Waals surface area (Å²) in [5, 5.41) is 11.6. The summed E-state index contributed by atoms with van der Waals surface area (Å²) in [5.74, 6) is -2.25. The van der Waals surface area contributed by atoms with Crippen LogP contribution in [0.5, 0.6) is 0 Å². The van der Waals surface area contributed by atoms with E-state index in [2.05, 4.69) is 5.32 Å². The number of halogens is 4. The van der Waals surface area contributed by atoms with Gasteiger partial charge in [-0.05, 0) is 32.0 Å². The average Bonchev–Trinajstić information content (AvgIpc) is 2.24. The average molecular weight is 279 g/mol. The Morgan fingerprint density at radius 2 is 1.89 bits per heavy atom. The fourth-order valence-electron chi connectivity index (χ4n) is 1.28. The molecule has 1 rings (SSSR count). The van der Waals surface area contributed by atoms with Gasteiger partial charge in [0, 0.05) is 12.1 Å². The van der Waals surface area contributed by atoms with E-state index < -0.39 is 29.1 Å². The molecule has 0 aliphatic heterocycles. The molecule has 7 heteroatoms. The van der Waals surface area contributed by atoms with E-state index in [9.17, 15) is 27.5 Å². The van der Waals surface area contributed by atoms with Crippen LogP contribution in [-0.2, 0) is 6.18 Å². The van der Waals surface area contributed by atoms with Gasteiger partial charge in [0.25, 0.3) is 5.91 Å². The predicted molar refractivity (Wildman–Crippen MR) is 60.0 cm³/mol. The number of hydrogen-bond donors (Lipinski definition) is 2. The number of rotatable bonds is 3. The highest BCUT2D eigenvalue weighted by atomic mass is 19.4. The van der Waals surface area contributed by atoms with E-state index in [1.54, 1.807) is 0 Å². The van der Waals surface area contributed by atoms with Gasteiger partial charge in [-0.2, -0.15) is 13.2 Å². The van der Waals surface area contributed by atoms with Crippen molar-refractivity contribution in [1.29, 1.82) is 0 Å². The van der Waals surface area contributed by atoms with Crippen LogP contribution in [0, 0.1) is 5.82 Å². The summed E-state index contributed by atoms with van der Waals surface area (Å²) in [7, 11) is 0. The molecule has 3 nitrogen and oxygen atoms in total. The number of amides is 1. The Labute approximate surface area is 107 Å². The summed E-state index contributed by atoms with van der Waals surface area (Å²) in [6.07, 6.45) is -4.86. The molecule has 2 N–H and O–H groups in total. The van der Waals surface area contributed by atoms with Gasteiger partial charge < -0.3 is 10.4 Å². The summed E-state index contributed by atoms with van der Waals surface area (Å²) in [6, 6.07) is 1.97.